The number of rotatable bonds is 8. The van der Waals surface area contributed by atoms with E-state index in [9.17, 15) is 14.0 Å². The molecule has 0 aliphatic rings. The van der Waals surface area contributed by atoms with Crippen molar-refractivity contribution >= 4 is 29.3 Å². The molecule has 0 spiro atoms. The molecule has 172 valence electrons. The first-order chi connectivity index (χ1) is 16.5. The standard InChI is InChI=1S/C25H22FN5O2S/c1-17-6-5-7-18(14-17)24(33)27-15-22-29-30-25(31(22)21-8-3-2-4-9-21)34-16-23(32)28-20-12-10-19(26)11-13-20/h2-14H,15-16H2,1H3,(H,27,33)(H,28,32). The molecule has 0 saturated carbocycles. The highest BCUT2D eigenvalue weighted by Crippen LogP contribution is 2.22. The lowest BCUT2D eigenvalue weighted by Crippen LogP contribution is -2.24. The van der Waals surface area contributed by atoms with Crippen molar-refractivity contribution in [3.8, 4) is 5.69 Å². The van der Waals surface area contributed by atoms with Crippen molar-refractivity contribution in [1.29, 1.82) is 0 Å². The van der Waals surface area contributed by atoms with E-state index < -0.39 is 0 Å². The lowest BCUT2D eigenvalue weighted by Gasteiger charge is -2.11. The van der Waals surface area contributed by atoms with Gasteiger partial charge >= 0.3 is 0 Å². The number of amides is 2. The van der Waals surface area contributed by atoms with Gasteiger partial charge in [-0.05, 0) is 55.5 Å². The quantitative estimate of drug-likeness (QED) is 0.369. The van der Waals surface area contributed by atoms with Crippen molar-refractivity contribution in [2.75, 3.05) is 11.1 Å². The summed E-state index contributed by atoms with van der Waals surface area (Å²) in [6.45, 7) is 2.09. The summed E-state index contributed by atoms with van der Waals surface area (Å²) in [5.74, 6) is -0.218. The summed E-state index contributed by atoms with van der Waals surface area (Å²) in [4.78, 5) is 25.0. The number of nitrogens with zero attached hydrogens (tertiary/aromatic N) is 3. The minimum absolute atomic E-state index is 0.0813. The predicted octanol–water partition coefficient (Wildman–Crippen LogP) is 4.38. The second-order valence-corrected chi connectivity index (χ2v) is 8.41. The number of aromatic nitrogens is 3. The highest BCUT2D eigenvalue weighted by atomic mass is 32.2. The lowest BCUT2D eigenvalue weighted by molar-refractivity contribution is -0.113. The summed E-state index contributed by atoms with van der Waals surface area (Å²) in [5, 5.41) is 14.6. The van der Waals surface area contributed by atoms with E-state index in [4.69, 9.17) is 0 Å². The van der Waals surface area contributed by atoms with Crippen LogP contribution in [0.5, 0.6) is 0 Å². The van der Waals surface area contributed by atoms with E-state index in [1.165, 1.54) is 36.0 Å². The minimum atomic E-state index is -0.370. The van der Waals surface area contributed by atoms with Crippen molar-refractivity contribution in [3.63, 3.8) is 0 Å². The Morgan fingerprint density at radius 1 is 0.971 bits per heavy atom. The Bertz CT molecular complexity index is 1290. The Balaban J connectivity index is 1.47. The zero-order valence-corrected chi connectivity index (χ0v) is 19.2. The summed E-state index contributed by atoms with van der Waals surface area (Å²) in [6.07, 6.45) is 0. The van der Waals surface area contributed by atoms with Crippen molar-refractivity contribution < 1.29 is 14.0 Å². The van der Waals surface area contributed by atoms with Crippen LogP contribution < -0.4 is 10.6 Å². The molecule has 0 atom stereocenters. The number of para-hydroxylation sites is 1. The van der Waals surface area contributed by atoms with Gasteiger partial charge in [-0.3, -0.25) is 14.2 Å². The van der Waals surface area contributed by atoms with E-state index in [0.29, 0.717) is 22.2 Å². The molecule has 0 bridgehead atoms. The van der Waals surface area contributed by atoms with Gasteiger partial charge in [0.1, 0.15) is 5.82 Å². The maximum atomic E-state index is 13.1. The van der Waals surface area contributed by atoms with Crippen LogP contribution in [0.2, 0.25) is 0 Å². The van der Waals surface area contributed by atoms with Crippen LogP contribution in [0, 0.1) is 12.7 Å². The number of carbonyl (C=O) groups excluding carboxylic acids is 2. The van der Waals surface area contributed by atoms with Crippen molar-refractivity contribution in [2.24, 2.45) is 0 Å². The monoisotopic (exact) mass is 475 g/mol. The van der Waals surface area contributed by atoms with Gasteiger partial charge in [0.25, 0.3) is 5.91 Å². The van der Waals surface area contributed by atoms with Crippen LogP contribution in [0.4, 0.5) is 10.1 Å². The van der Waals surface area contributed by atoms with Gasteiger partial charge in [0.15, 0.2) is 11.0 Å². The molecule has 7 nitrogen and oxygen atoms in total. The molecule has 4 aromatic rings. The second kappa shape index (κ2) is 10.8. The number of thioether (sulfide) groups is 1. The largest absolute Gasteiger partial charge is 0.345 e. The molecular formula is C25H22FN5O2S. The molecule has 2 N–H and O–H groups in total. The fourth-order valence-corrected chi connectivity index (χ4v) is 4.02. The number of anilines is 1. The third kappa shape index (κ3) is 5.87. The van der Waals surface area contributed by atoms with Crippen molar-refractivity contribution in [1.82, 2.24) is 20.1 Å². The molecule has 9 heteroatoms. The smallest absolute Gasteiger partial charge is 0.251 e. The topological polar surface area (TPSA) is 88.9 Å². The molecule has 0 aliphatic carbocycles. The number of hydrogen-bond acceptors (Lipinski definition) is 5. The summed E-state index contributed by atoms with van der Waals surface area (Å²) < 4.78 is 14.9. The van der Waals surface area contributed by atoms with Crippen LogP contribution in [-0.2, 0) is 11.3 Å². The molecule has 2 amide bonds. The molecule has 34 heavy (non-hydrogen) atoms. The average molecular weight is 476 g/mol. The maximum Gasteiger partial charge on any atom is 0.251 e. The number of aryl methyl sites for hydroxylation is 1. The summed E-state index contributed by atoms with van der Waals surface area (Å²) in [5.41, 5.74) is 2.89. The predicted molar refractivity (Wildman–Crippen MR) is 129 cm³/mol. The van der Waals surface area contributed by atoms with Crippen LogP contribution in [0.25, 0.3) is 5.69 Å². The fourth-order valence-electron chi connectivity index (χ4n) is 3.25. The molecule has 1 heterocycles. The maximum absolute atomic E-state index is 13.1. The minimum Gasteiger partial charge on any atom is -0.345 e. The van der Waals surface area contributed by atoms with Gasteiger partial charge in [0, 0.05) is 16.9 Å². The molecule has 3 aromatic carbocycles. The normalized spacial score (nSPS) is 10.6. The van der Waals surface area contributed by atoms with E-state index in [0.717, 1.165) is 11.3 Å². The third-order valence-electron chi connectivity index (χ3n) is 4.86. The summed E-state index contributed by atoms with van der Waals surface area (Å²) in [6, 6.07) is 22.4. The first-order valence-corrected chi connectivity index (χ1v) is 11.5. The highest BCUT2D eigenvalue weighted by Gasteiger charge is 2.17. The molecule has 0 saturated heterocycles. The molecule has 1 aromatic heterocycles. The number of hydrogen-bond donors (Lipinski definition) is 2. The number of benzene rings is 3. The van der Waals surface area contributed by atoms with Gasteiger partial charge in [-0.1, -0.05) is 47.7 Å². The SMILES string of the molecule is Cc1cccc(C(=O)NCc2nnc(SCC(=O)Nc3ccc(F)cc3)n2-c2ccccc2)c1. The number of nitrogens with one attached hydrogen (secondary N) is 2. The zero-order valence-electron chi connectivity index (χ0n) is 18.4. The van der Waals surface area contributed by atoms with Crippen molar-refractivity contribution in [3.05, 3.63) is 102 Å². The Morgan fingerprint density at radius 3 is 2.47 bits per heavy atom. The van der Waals surface area contributed by atoms with Crippen LogP contribution in [0.1, 0.15) is 21.7 Å². The van der Waals surface area contributed by atoms with Crippen molar-refractivity contribution in [2.45, 2.75) is 18.6 Å². The zero-order chi connectivity index (χ0) is 23.9. The molecule has 0 radical (unpaired) electrons. The number of carbonyl (C=O) groups is 2. The van der Waals surface area contributed by atoms with Gasteiger partial charge in [0.05, 0.1) is 12.3 Å². The first kappa shape index (κ1) is 23.2. The molecular weight excluding hydrogens is 453 g/mol. The summed E-state index contributed by atoms with van der Waals surface area (Å²) >= 11 is 1.22. The van der Waals surface area contributed by atoms with E-state index in [2.05, 4.69) is 20.8 Å². The lowest BCUT2D eigenvalue weighted by atomic mass is 10.1. The summed E-state index contributed by atoms with van der Waals surface area (Å²) in [7, 11) is 0. The Hall–Kier alpha value is -3.98. The van der Waals surface area contributed by atoms with Gasteiger partial charge in [-0.25, -0.2) is 4.39 Å². The molecule has 0 aliphatic heterocycles. The third-order valence-corrected chi connectivity index (χ3v) is 5.79. The Kier molecular flexibility index (Phi) is 7.34. The first-order valence-electron chi connectivity index (χ1n) is 10.5. The van der Waals surface area contributed by atoms with Gasteiger partial charge in [-0.15, -0.1) is 10.2 Å². The van der Waals surface area contributed by atoms with Crippen LogP contribution in [0.15, 0.2) is 84.0 Å². The molecule has 4 rings (SSSR count). The van der Waals surface area contributed by atoms with Gasteiger partial charge < -0.3 is 10.6 Å². The van der Waals surface area contributed by atoms with Gasteiger partial charge in [0.2, 0.25) is 5.91 Å². The van der Waals surface area contributed by atoms with E-state index in [-0.39, 0.29) is 29.9 Å². The van der Waals surface area contributed by atoms with Crippen LogP contribution in [-0.4, -0.2) is 32.3 Å². The van der Waals surface area contributed by atoms with Crippen LogP contribution >= 0.6 is 11.8 Å². The Morgan fingerprint density at radius 2 is 1.74 bits per heavy atom. The Labute approximate surface area is 200 Å². The fraction of sp³-hybridized carbons (Fsp3) is 0.120. The van der Waals surface area contributed by atoms with E-state index in [1.807, 2.05) is 60.0 Å². The highest BCUT2D eigenvalue weighted by molar-refractivity contribution is 7.99. The van der Waals surface area contributed by atoms with E-state index >= 15 is 0 Å². The molecule has 0 unspecified atom stereocenters. The van der Waals surface area contributed by atoms with E-state index in [1.54, 1.807) is 6.07 Å². The van der Waals surface area contributed by atoms with Gasteiger partial charge in [-0.2, -0.15) is 0 Å². The molecule has 0 fully saturated rings. The second-order valence-electron chi connectivity index (χ2n) is 7.47. The number of halogens is 1. The van der Waals surface area contributed by atoms with Crippen LogP contribution in [0.3, 0.4) is 0 Å². The average Bonchev–Trinajstić information content (AvgIpc) is 3.26.